The first-order valence-corrected chi connectivity index (χ1v) is 6.91. The monoisotopic (exact) mass is 323 g/mol. The largest absolute Gasteiger partial charge is 0.335 e. The Labute approximate surface area is 132 Å². The van der Waals surface area contributed by atoms with Gasteiger partial charge in [-0.1, -0.05) is 0 Å². The summed E-state index contributed by atoms with van der Waals surface area (Å²) in [5.74, 6) is 0.424. The summed E-state index contributed by atoms with van der Waals surface area (Å²) in [7, 11) is 0. The third kappa shape index (κ3) is 2.66. The number of nitrogens with one attached hydrogen (secondary N) is 1. The van der Waals surface area contributed by atoms with Gasteiger partial charge in [0.05, 0.1) is 27.6 Å². The Morgan fingerprint density at radius 1 is 1.30 bits per heavy atom. The van der Waals surface area contributed by atoms with Gasteiger partial charge in [-0.3, -0.25) is 10.1 Å². The van der Waals surface area contributed by atoms with Gasteiger partial charge in [0.25, 0.3) is 0 Å². The van der Waals surface area contributed by atoms with Crippen molar-refractivity contribution in [2.45, 2.75) is 5.03 Å². The van der Waals surface area contributed by atoms with Crippen LogP contribution >= 0.6 is 11.8 Å². The fraction of sp³-hybridized carbons (Fsp3) is 0. The molecule has 0 radical (unpaired) electrons. The van der Waals surface area contributed by atoms with Crippen molar-refractivity contribution >= 4 is 28.5 Å². The molecule has 0 fully saturated rings. The molecule has 0 saturated heterocycles. The maximum atomic E-state index is 10.9. The van der Waals surface area contributed by atoms with Crippen molar-refractivity contribution in [2.75, 3.05) is 0 Å². The standard InChI is InChI=1S/C13H5N7O2S/c14-4-7-1-2-8-9(3-7)18-12(17-8)11-16-5-10(20(21)22)13(19-11)23-6-15/h1-3,5H,(H,17,18). The number of nitriles is 2. The summed E-state index contributed by atoms with van der Waals surface area (Å²) < 4.78 is 0. The summed E-state index contributed by atoms with van der Waals surface area (Å²) in [6, 6.07) is 6.94. The molecule has 0 aliphatic rings. The summed E-state index contributed by atoms with van der Waals surface area (Å²) >= 11 is 0.580. The fourth-order valence-corrected chi connectivity index (χ4v) is 2.35. The number of benzene rings is 1. The van der Waals surface area contributed by atoms with Crippen LogP contribution in [0.2, 0.25) is 0 Å². The molecule has 2 heterocycles. The number of nitro groups is 1. The minimum Gasteiger partial charge on any atom is -0.335 e. The number of imidazole rings is 1. The average Bonchev–Trinajstić information content (AvgIpc) is 2.97. The zero-order chi connectivity index (χ0) is 16.4. The molecule has 0 bridgehead atoms. The van der Waals surface area contributed by atoms with Crippen LogP contribution in [0, 0.1) is 32.1 Å². The average molecular weight is 323 g/mol. The van der Waals surface area contributed by atoms with Gasteiger partial charge in [0.1, 0.15) is 11.6 Å². The number of nitrogens with zero attached hydrogens (tertiary/aromatic N) is 6. The molecule has 0 aliphatic heterocycles. The molecule has 0 aliphatic carbocycles. The molecule has 10 heteroatoms. The quantitative estimate of drug-likeness (QED) is 0.254. The Morgan fingerprint density at radius 3 is 2.83 bits per heavy atom. The van der Waals surface area contributed by atoms with Crippen molar-refractivity contribution in [1.29, 1.82) is 10.5 Å². The molecular formula is C13H5N7O2S. The lowest BCUT2D eigenvalue weighted by atomic mass is 10.2. The van der Waals surface area contributed by atoms with Crippen LogP contribution in [0.15, 0.2) is 29.4 Å². The fourth-order valence-electron chi connectivity index (χ4n) is 1.90. The zero-order valence-electron chi connectivity index (χ0n) is 11.2. The molecular weight excluding hydrogens is 318 g/mol. The summed E-state index contributed by atoms with van der Waals surface area (Å²) in [6.45, 7) is 0. The topological polar surface area (TPSA) is 145 Å². The van der Waals surface area contributed by atoms with E-state index in [1.807, 2.05) is 6.07 Å². The van der Waals surface area contributed by atoms with Crippen molar-refractivity contribution < 1.29 is 4.92 Å². The lowest BCUT2D eigenvalue weighted by Gasteiger charge is -1.99. The van der Waals surface area contributed by atoms with Crippen molar-refractivity contribution in [2.24, 2.45) is 0 Å². The van der Waals surface area contributed by atoms with Crippen molar-refractivity contribution in [1.82, 2.24) is 19.9 Å². The SMILES string of the molecule is N#CSc1nc(-c2nc3ccc(C#N)cc3[nH]2)ncc1[N+](=O)[O-]. The second-order valence-electron chi connectivity index (χ2n) is 4.26. The van der Waals surface area contributed by atoms with E-state index in [1.54, 1.807) is 23.6 Å². The highest BCUT2D eigenvalue weighted by Crippen LogP contribution is 2.28. The van der Waals surface area contributed by atoms with Gasteiger partial charge in [0, 0.05) is 11.8 Å². The molecule has 3 aromatic rings. The molecule has 0 saturated carbocycles. The van der Waals surface area contributed by atoms with E-state index in [9.17, 15) is 10.1 Å². The van der Waals surface area contributed by atoms with E-state index in [1.165, 1.54) is 0 Å². The molecule has 23 heavy (non-hydrogen) atoms. The highest BCUT2D eigenvalue weighted by atomic mass is 32.2. The van der Waals surface area contributed by atoms with Crippen LogP contribution in [-0.2, 0) is 0 Å². The Balaban J connectivity index is 2.11. The minimum atomic E-state index is -0.652. The van der Waals surface area contributed by atoms with Gasteiger partial charge in [-0.15, -0.1) is 0 Å². The predicted octanol–water partition coefficient (Wildman–Crippen LogP) is 2.37. The molecule has 1 aromatic carbocycles. The molecule has 2 aromatic heterocycles. The van der Waals surface area contributed by atoms with Gasteiger partial charge in [-0.25, -0.2) is 15.0 Å². The highest BCUT2D eigenvalue weighted by molar-refractivity contribution is 8.03. The van der Waals surface area contributed by atoms with E-state index in [-0.39, 0.29) is 16.5 Å². The number of aromatic nitrogens is 4. The van der Waals surface area contributed by atoms with Crippen LogP contribution in [0.5, 0.6) is 0 Å². The number of rotatable bonds is 3. The minimum absolute atomic E-state index is 0.0549. The van der Waals surface area contributed by atoms with Crippen LogP contribution in [0.1, 0.15) is 5.56 Å². The number of H-pyrrole nitrogens is 1. The third-order valence-corrected chi connectivity index (χ3v) is 3.48. The molecule has 0 spiro atoms. The van der Waals surface area contributed by atoms with E-state index >= 15 is 0 Å². The van der Waals surface area contributed by atoms with Crippen LogP contribution in [0.3, 0.4) is 0 Å². The van der Waals surface area contributed by atoms with Crippen molar-refractivity contribution in [3.8, 4) is 23.1 Å². The zero-order valence-corrected chi connectivity index (χ0v) is 12.0. The molecule has 0 atom stereocenters. The molecule has 0 unspecified atom stereocenters. The summed E-state index contributed by atoms with van der Waals surface area (Å²) in [5, 5.41) is 30.2. The Bertz CT molecular complexity index is 1020. The maximum absolute atomic E-state index is 10.9. The van der Waals surface area contributed by atoms with Crippen LogP contribution in [0.25, 0.3) is 22.7 Å². The van der Waals surface area contributed by atoms with Crippen molar-refractivity contribution in [3.05, 3.63) is 40.1 Å². The van der Waals surface area contributed by atoms with Crippen LogP contribution < -0.4 is 0 Å². The predicted molar refractivity (Wildman–Crippen MR) is 80.0 cm³/mol. The van der Waals surface area contributed by atoms with E-state index in [0.29, 0.717) is 34.2 Å². The summed E-state index contributed by atoms with van der Waals surface area (Å²) in [5.41, 5.74) is 1.35. The van der Waals surface area contributed by atoms with Gasteiger partial charge < -0.3 is 4.98 Å². The summed E-state index contributed by atoms with van der Waals surface area (Å²) in [4.78, 5) is 25.4. The van der Waals surface area contributed by atoms with Gasteiger partial charge in [-0.2, -0.15) is 10.5 Å². The Kier molecular flexibility index (Phi) is 3.58. The third-order valence-electron chi connectivity index (χ3n) is 2.90. The van der Waals surface area contributed by atoms with E-state index < -0.39 is 4.92 Å². The van der Waals surface area contributed by atoms with E-state index in [4.69, 9.17) is 10.5 Å². The smallest absolute Gasteiger partial charge is 0.320 e. The molecule has 110 valence electrons. The normalized spacial score (nSPS) is 10.2. The van der Waals surface area contributed by atoms with Gasteiger partial charge in [0.15, 0.2) is 16.7 Å². The Morgan fingerprint density at radius 2 is 2.13 bits per heavy atom. The first-order valence-electron chi connectivity index (χ1n) is 6.10. The number of fused-ring (bicyclic) bond motifs is 1. The lowest BCUT2D eigenvalue weighted by Crippen LogP contribution is -1.98. The summed E-state index contributed by atoms with van der Waals surface area (Å²) in [6.07, 6.45) is 1.04. The van der Waals surface area contributed by atoms with Crippen LogP contribution in [0.4, 0.5) is 5.69 Å². The van der Waals surface area contributed by atoms with E-state index in [2.05, 4.69) is 19.9 Å². The van der Waals surface area contributed by atoms with Crippen LogP contribution in [-0.4, -0.2) is 24.9 Å². The second-order valence-corrected chi connectivity index (χ2v) is 5.04. The number of hydrogen-bond donors (Lipinski definition) is 1. The van der Waals surface area contributed by atoms with Gasteiger partial charge >= 0.3 is 5.69 Å². The lowest BCUT2D eigenvalue weighted by molar-refractivity contribution is -0.388. The number of hydrogen-bond acceptors (Lipinski definition) is 8. The van der Waals surface area contributed by atoms with Gasteiger partial charge in [0.2, 0.25) is 0 Å². The second kappa shape index (κ2) is 5.71. The maximum Gasteiger partial charge on any atom is 0.320 e. The number of thioether (sulfide) groups is 1. The highest BCUT2D eigenvalue weighted by Gasteiger charge is 2.19. The number of aromatic amines is 1. The van der Waals surface area contributed by atoms with Crippen molar-refractivity contribution in [3.63, 3.8) is 0 Å². The molecule has 9 nitrogen and oxygen atoms in total. The molecule has 3 rings (SSSR count). The molecule has 1 N–H and O–H groups in total. The molecule has 0 amide bonds. The van der Waals surface area contributed by atoms with Gasteiger partial charge in [-0.05, 0) is 18.2 Å². The first kappa shape index (κ1) is 14.4. The first-order chi connectivity index (χ1) is 11.1. The number of thiocyanates is 1. The van der Waals surface area contributed by atoms with E-state index in [0.717, 1.165) is 6.20 Å². The Hall–Kier alpha value is -3.50.